The number of rotatable bonds is 4. The molecule has 0 saturated carbocycles. The van der Waals surface area contributed by atoms with Gasteiger partial charge in [-0.15, -0.1) is 0 Å². The molecule has 0 aliphatic heterocycles. The molecule has 0 saturated heterocycles. The molecule has 2 aromatic heterocycles. The third-order valence-electron chi connectivity index (χ3n) is 7.71. The lowest BCUT2D eigenvalue weighted by molar-refractivity contribution is 1.28. The van der Waals surface area contributed by atoms with E-state index in [1.807, 2.05) is 0 Å². The van der Waals surface area contributed by atoms with Gasteiger partial charge in [0.1, 0.15) is 0 Å². The van der Waals surface area contributed by atoms with Gasteiger partial charge in [-0.25, -0.2) is 0 Å². The Morgan fingerprint density at radius 1 is 0.368 bits per heavy atom. The van der Waals surface area contributed by atoms with E-state index in [9.17, 15) is 0 Å². The quantitative estimate of drug-likeness (QED) is 0.241. The van der Waals surface area contributed by atoms with Crippen LogP contribution in [0.15, 0.2) is 146 Å². The van der Waals surface area contributed by atoms with Crippen molar-refractivity contribution >= 4 is 55.2 Å². The van der Waals surface area contributed by atoms with Gasteiger partial charge in [-0.1, -0.05) is 103 Å². The van der Waals surface area contributed by atoms with E-state index in [0.29, 0.717) is 0 Å². The third-order valence-corrected chi connectivity index (χ3v) is 7.71. The second kappa shape index (κ2) is 8.22. The summed E-state index contributed by atoms with van der Waals surface area (Å²) in [6.07, 6.45) is 0. The van der Waals surface area contributed by atoms with Crippen LogP contribution in [0.5, 0.6) is 0 Å². The molecular weight excluding hydrogens is 460 g/mol. The summed E-state index contributed by atoms with van der Waals surface area (Å²) < 4.78 is 2.44. The lowest BCUT2D eigenvalue weighted by Crippen LogP contribution is -2.09. The first kappa shape index (κ1) is 21.0. The van der Waals surface area contributed by atoms with E-state index >= 15 is 0 Å². The van der Waals surface area contributed by atoms with E-state index in [1.165, 1.54) is 49.2 Å². The van der Waals surface area contributed by atoms with Crippen molar-refractivity contribution in [2.45, 2.75) is 0 Å². The van der Waals surface area contributed by atoms with Gasteiger partial charge in [0.15, 0.2) is 0 Å². The molecular formula is C36H24N2. The van der Waals surface area contributed by atoms with Gasteiger partial charge in [0.05, 0.1) is 16.6 Å². The molecule has 2 heterocycles. The maximum Gasteiger partial charge on any atom is 0.0620 e. The Labute approximate surface area is 221 Å². The highest BCUT2D eigenvalue weighted by Gasteiger charge is 2.19. The highest BCUT2D eigenvalue weighted by Crippen LogP contribution is 2.42. The van der Waals surface area contributed by atoms with Gasteiger partial charge >= 0.3 is 0 Å². The summed E-state index contributed by atoms with van der Waals surface area (Å²) in [5.74, 6) is 0. The molecule has 0 N–H and O–H groups in total. The second-order valence-corrected chi connectivity index (χ2v) is 9.84. The lowest BCUT2D eigenvalue weighted by atomic mass is 10.0. The Bertz CT molecular complexity index is 2050. The molecule has 0 fully saturated rings. The van der Waals surface area contributed by atoms with Gasteiger partial charge in [0.2, 0.25) is 0 Å². The zero-order valence-corrected chi connectivity index (χ0v) is 20.8. The summed E-state index contributed by atoms with van der Waals surface area (Å²) in [5.41, 5.74) is 9.64. The molecule has 8 rings (SSSR count). The summed E-state index contributed by atoms with van der Waals surface area (Å²) in [6, 6.07) is 52.4. The van der Waals surface area contributed by atoms with Crippen LogP contribution in [-0.4, -0.2) is 4.40 Å². The van der Waals surface area contributed by atoms with Crippen LogP contribution >= 0.6 is 0 Å². The normalized spacial score (nSPS) is 11.7. The maximum atomic E-state index is 2.44. The molecule has 0 bridgehead atoms. The summed E-state index contributed by atoms with van der Waals surface area (Å²) in [6.45, 7) is 0. The minimum atomic E-state index is 1.13. The highest BCUT2D eigenvalue weighted by molar-refractivity contribution is 6.23. The van der Waals surface area contributed by atoms with Crippen LogP contribution in [0.3, 0.4) is 0 Å². The second-order valence-electron chi connectivity index (χ2n) is 9.84. The number of para-hydroxylation sites is 3. The molecule has 0 aliphatic carbocycles. The highest BCUT2D eigenvalue weighted by atomic mass is 15.1. The number of hydrogen-bond donors (Lipinski definition) is 0. The maximum absolute atomic E-state index is 2.44. The lowest BCUT2D eigenvalue weighted by Gasteiger charge is -2.26. The van der Waals surface area contributed by atoms with Crippen molar-refractivity contribution in [1.29, 1.82) is 0 Å². The standard InChI is InChI=1S/C36H24N2/c1-3-10-25(11-4-1)26-18-20-28(21-19-26)37(27-12-5-2-6-13-27)29-22-23-31-33-16-9-15-32-30-14-7-8-17-34(30)38(36(32)33)35(31)24-29/h1-24H. The Morgan fingerprint density at radius 2 is 0.921 bits per heavy atom. The first-order valence-electron chi connectivity index (χ1n) is 13.0. The van der Waals surface area contributed by atoms with E-state index in [0.717, 1.165) is 17.1 Å². The van der Waals surface area contributed by atoms with E-state index in [1.54, 1.807) is 0 Å². The van der Waals surface area contributed by atoms with Crippen molar-refractivity contribution in [3.05, 3.63) is 146 Å². The van der Waals surface area contributed by atoms with Crippen molar-refractivity contribution in [2.24, 2.45) is 0 Å². The molecule has 0 amide bonds. The Morgan fingerprint density at radius 3 is 1.68 bits per heavy atom. The summed E-state index contributed by atoms with van der Waals surface area (Å²) >= 11 is 0. The molecule has 2 heteroatoms. The number of hydrogen-bond acceptors (Lipinski definition) is 1. The minimum absolute atomic E-state index is 1.13. The van der Waals surface area contributed by atoms with E-state index in [-0.39, 0.29) is 0 Å². The van der Waals surface area contributed by atoms with Crippen LogP contribution in [0.25, 0.3) is 49.2 Å². The molecule has 8 aromatic rings. The molecule has 0 unspecified atom stereocenters. The molecule has 0 aliphatic rings. The molecule has 178 valence electrons. The molecule has 6 aromatic carbocycles. The van der Waals surface area contributed by atoms with Crippen molar-refractivity contribution in [3.63, 3.8) is 0 Å². The van der Waals surface area contributed by atoms with Gasteiger partial charge in [0, 0.05) is 38.6 Å². The summed E-state index contributed by atoms with van der Waals surface area (Å²) in [7, 11) is 0. The summed E-state index contributed by atoms with van der Waals surface area (Å²) in [5, 5.41) is 5.20. The van der Waals surface area contributed by atoms with Crippen molar-refractivity contribution in [1.82, 2.24) is 4.40 Å². The van der Waals surface area contributed by atoms with Crippen LogP contribution in [0.1, 0.15) is 0 Å². The predicted octanol–water partition coefficient (Wildman–Crippen LogP) is 9.97. The van der Waals surface area contributed by atoms with Crippen LogP contribution in [-0.2, 0) is 0 Å². The van der Waals surface area contributed by atoms with Gasteiger partial charge in [-0.2, -0.15) is 0 Å². The number of aromatic nitrogens is 1. The Balaban J connectivity index is 1.36. The van der Waals surface area contributed by atoms with Crippen molar-refractivity contribution in [3.8, 4) is 11.1 Å². The zero-order valence-electron chi connectivity index (χ0n) is 20.8. The fourth-order valence-electron chi connectivity index (χ4n) is 6.02. The van der Waals surface area contributed by atoms with Gasteiger partial charge in [0.25, 0.3) is 0 Å². The SMILES string of the molecule is c1ccc(-c2ccc(N(c3ccccc3)c3ccc4c5cccc6c7ccccc7n(c4c3)c65)cc2)cc1. The zero-order chi connectivity index (χ0) is 25.1. The van der Waals surface area contributed by atoms with Crippen LogP contribution in [0, 0.1) is 0 Å². The number of nitrogens with zero attached hydrogens (tertiary/aromatic N) is 2. The molecule has 2 nitrogen and oxygen atoms in total. The number of benzene rings is 6. The van der Waals surface area contributed by atoms with Gasteiger partial charge in [-0.3, -0.25) is 0 Å². The monoisotopic (exact) mass is 484 g/mol. The smallest absolute Gasteiger partial charge is 0.0620 e. The van der Waals surface area contributed by atoms with Gasteiger partial charge < -0.3 is 9.30 Å². The predicted molar refractivity (Wildman–Crippen MR) is 161 cm³/mol. The largest absolute Gasteiger partial charge is 0.310 e. The van der Waals surface area contributed by atoms with E-state index in [2.05, 4.69) is 155 Å². The van der Waals surface area contributed by atoms with Crippen LogP contribution in [0.2, 0.25) is 0 Å². The number of anilines is 3. The van der Waals surface area contributed by atoms with E-state index < -0.39 is 0 Å². The Kier molecular flexibility index (Phi) is 4.55. The number of fused-ring (bicyclic) bond motifs is 6. The summed E-state index contributed by atoms with van der Waals surface area (Å²) in [4.78, 5) is 2.35. The first-order chi connectivity index (χ1) is 18.9. The Hall–Kier alpha value is -5.08. The van der Waals surface area contributed by atoms with Gasteiger partial charge in [-0.05, 0) is 53.6 Å². The van der Waals surface area contributed by atoms with Crippen LogP contribution in [0.4, 0.5) is 17.1 Å². The molecule has 0 atom stereocenters. The third kappa shape index (κ3) is 3.07. The van der Waals surface area contributed by atoms with Crippen molar-refractivity contribution < 1.29 is 0 Å². The average Bonchev–Trinajstić information content (AvgIpc) is 3.51. The molecule has 0 spiro atoms. The first-order valence-corrected chi connectivity index (χ1v) is 13.0. The average molecular weight is 485 g/mol. The topological polar surface area (TPSA) is 7.65 Å². The minimum Gasteiger partial charge on any atom is -0.310 e. The molecule has 0 radical (unpaired) electrons. The molecule has 38 heavy (non-hydrogen) atoms. The fraction of sp³-hybridized carbons (Fsp3) is 0. The van der Waals surface area contributed by atoms with Crippen LogP contribution < -0.4 is 4.90 Å². The fourth-order valence-corrected chi connectivity index (χ4v) is 6.02. The van der Waals surface area contributed by atoms with E-state index in [4.69, 9.17) is 0 Å². The van der Waals surface area contributed by atoms with Crippen molar-refractivity contribution in [2.75, 3.05) is 4.90 Å².